The number of aromatic nitrogens is 3. The lowest BCUT2D eigenvalue weighted by molar-refractivity contribution is -0.135. The maximum atomic E-state index is 13.1. The Morgan fingerprint density at radius 3 is 2.47 bits per heavy atom. The fourth-order valence-corrected chi connectivity index (χ4v) is 4.69. The van der Waals surface area contributed by atoms with Crippen molar-refractivity contribution < 1.29 is 9.59 Å². The van der Waals surface area contributed by atoms with Crippen LogP contribution >= 0.6 is 0 Å². The number of nitrogen functional groups attached to an aromatic ring is 1. The first kappa shape index (κ1) is 20.1. The molecule has 0 radical (unpaired) electrons. The Morgan fingerprint density at radius 2 is 1.78 bits per heavy atom. The highest BCUT2D eigenvalue weighted by atomic mass is 16.2. The van der Waals surface area contributed by atoms with Crippen molar-refractivity contribution in [1.82, 2.24) is 19.4 Å². The van der Waals surface area contributed by atoms with Gasteiger partial charge < -0.3 is 15.5 Å². The van der Waals surface area contributed by atoms with Crippen LogP contribution in [0.3, 0.4) is 0 Å². The molecule has 0 aliphatic carbocycles. The molecule has 1 aromatic carbocycles. The standard InChI is InChI=1S/C22H25N7O3/c1-26-20-15(28-11-9-27(10-12-28)14-5-7-18(23)24-13-14)3-2-4-16(20)29(22(26)32)17-6-8-19(30)25-21(17)31/h2-5,7,13,17H,6,8-12H2,1H3,(H2,23,24)(H,25,30,31). The van der Waals surface area contributed by atoms with Crippen molar-refractivity contribution in [3.05, 3.63) is 47.0 Å². The Hall–Kier alpha value is -3.82. The van der Waals surface area contributed by atoms with Gasteiger partial charge >= 0.3 is 5.69 Å². The molecule has 0 saturated carbocycles. The largest absolute Gasteiger partial charge is 0.384 e. The van der Waals surface area contributed by atoms with Gasteiger partial charge in [-0.1, -0.05) is 6.07 Å². The second-order valence-corrected chi connectivity index (χ2v) is 8.24. The Kier molecular flexibility index (Phi) is 4.84. The first-order valence-electron chi connectivity index (χ1n) is 10.7. The summed E-state index contributed by atoms with van der Waals surface area (Å²) >= 11 is 0. The molecule has 0 spiro atoms. The maximum absolute atomic E-state index is 13.1. The second-order valence-electron chi connectivity index (χ2n) is 8.24. The van der Waals surface area contributed by atoms with Gasteiger partial charge in [0.05, 0.1) is 28.6 Å². The van der Waals surface area contributed by atoms with Crippen LogP contribution in [-0.4, -0.2) is 52.1 Å². The van der Waals surface area contributed by atoms with Gasteiger partial charge in [0.15, 0.2) is 0 Å². The number of piperazine rings is 1. The van der Waals surface area contributed by atoms with Crippen molar-refractivity contribution in [3.8, 4) is 0 Å². The number of imidazole rings is 1. The number of benzene rings is 1. The van der Waals surface area contributed by atoms with Gasteiger partial charge in [-0.25, -0.2) is 9.78 Å². The molecule has 3 aromatic rings. The molecule has 1 unspecified atom stereocenters. The van der Waals surface area contributed by atoms with Crippen LogP contribution in [0.5, 0.6) is 0 Å². The van der Waals surface area contributed by atoms with E-state index in [0.717, 1.165) is 43.1 Å². The third-order valence-electron chi connectivity index (χ3n) is 6.36. The van der Waals surface area contributed by atoms with Crippen LogP contribution in [0.1, 0.15) is 18.9 Å². The molecule has 2 amide bonds. The SMILES string of the molecule is Cn1c(=O)n(C2CCC(=O)NC2=O)c2cccc(N3CCN(c4ccc(N)nc4)CC3)c21. The van der Waals surface area contributed by atoms with E-state index in [9.17, 15) is 14.4 Å². The number of nitrogens with two attached hydrogens (primary N) is 1. The smallest absolute Gasteiger partial charge is 0.329 e. The van der Waals surface area contributed by atoms with E-state index < -0.39 is 11.9 Å². The molecule has 2 aliphatic heterocycles. The van der Waals surface area contributed by atoms with Gasteiger partial charge in [-0.3, -0.25) is 24.0 Å². The number of nitrogens with one attached hydrogen (secondary N) is 1. The van der Waals surface area contributed by atoms with Gasteiger partial charge in [-0.15, -0.1) is 0 Å². The molecule has 3 N–H and O–H groups in total. The van der Waals surface area contributed by atoms with Crippen molar-refractivity contribution >= 4 is 40.0 Å². The molecule has 32 heavy (non-hydrogen) atoms. The highest BCUT2D eigenvalue weighted by Gasteiger charge is 2.32. The number of hydrogen-bond acceptors (Lipinski definition) is 7. The number of anilines is 3. The lowest BCUT2D eigenvalue weighted by Gasteiger charge is -2.37. The van der Waals surface area contributed by atoms with E-state index in [1.165, 1.54) is 4.57 Å². The molecule has 0 bridgehead atoms. The van der Waals surface area contributed by atoms with Crippen LogP contribution in [-0.2, 0) is 16.6 Å². The number of nitrogens with zero attached hydrogens (tertiary/aromatic N) is 5. The zero-order valence-electron chi connectivity index (χ0n) is 17.8. The van der Waals surface area contributed by atoms with Crippen molar-refractivity contribution in [2.75, 3.05) is 41.7 Å². The number of pyridine rings is 1. The predicted octanol–water partition coefficient (Wildman–Crippen LogP) is 0.622. The number of carbonyl (C=O) groups excluding carboxylic acids is 2. The lowest BCUT2D eigenvalue weighted by atomic mass is 10.1. The van der Waals surface area contributed by atoms with E-state index in [4.69, 9.17) is 5.73 Å². The molecule has 166 valence electrons. The third-order valence-corrected chi connectivity index (χ3v) is 6.36. The fourth-order valence-electron chi connectivity index (χ4n) is 4.69. The molecule has 2 aliphatic rings. The highest BCUT2D eigenvalue weighted by Crippen LogP contribution is 2.30. The summed E-state index contributed by atoms with van der Waals surface area (Å²) in [5.41, 5.74) is 8.94. The number of imide groups is 1. The Balaban J connectivity index is 1.46. The monoisotopic (exact) mass is 435 g/mol. The van der Waals surface area contributed by atoms with Crippen molar-refractivity contribution in [1.29, 1.82) is 0 Å². The van der Waals surface area contributed by atoms with Gasteiger partial charge in [0, 0.05) is 39.6 Å². The quantitative estimate of drug-likeness (QED) is 0.579. The van der Waals surface area contributed by atoms with Gasteiger partial charge in [0.2, 0.25) is 11.8 Å². The minimum Gasteiger partial charge on any atom is -0.384 e. The van der Waals surface area contributed by atoms with Crippen molar-refractivity contribution in [2.24, 2.45) is 7.05 Å². The van der Waals surface area contributed by atoms with E-state index >= 15 is 0 Å². The molecule has 2 fully saturated rings. The maximum Gasteiger partial charge on any atom is 0.329 e. The summed E-state index contributed by atoms with van der Waals surface area (Å²) in [5.74, 6) is -0.220. The van der Waals surface area contributed by atoms with E-state index in [1.54, 1.807) is 23.9 Å². The topological polar surface area (TPSA) is 118 Å². The summed E-state index contributed by atoms with van der Waals surface area (Å²) < 4.78 is 3.13. The van der Waals surface area contributed by atoms with Crippen LogP contribution < -0.4 is 26.5 Å². The number of rotatable bonds is 3. The molecule has 5 rings (SSSR count). The summed E-state index contributed by atoms with van der Waals surface area (Å²) in [4.78, 5) is 45.9. The summed E-state index contributed by atoms with van der Waals surface area (Å²) in [7, 11) is 1.73. The Morgan fingerprint density at radius 1 is 1.03 bits per heavy atom. The minimum atomic E-state index is -0.686. The summed E-state index contributed by atoms with van der Waals surface area (Å²) in [6.45, 7) is 3.18. The first-order chi connectivity index (χ1) is 15.4. The average Bonchev–Trinajstić information content (AvgIpc) is 3.05. The Bertz CT molecular complexity index is 1250. The molecule has 4 heterocycles. The van der Waals surface area contributed by atoms with Gasteiger partial charge in [-0.05, 0) is 30.7 Å². The van der Waals surface area contributed by atoms with E-state index in [2.05, 4.69) is 20.1 Å². The number of amides is 2. The molecular formula is C22H25N7O3. The molecule has 2 aromatic heterocycles. The zero-order valence-corrected chi connectivity index (χ0v) is 17.8. The zero-order chi connectivity index (χ0) is 22.4. The van der Waals surface area contributed by atoms with E-state index in [0.29, 0.717) is 17.8 Å². The minimum absolute atomic E-state index is 0.223. The summed E-state index contributed by atoms with van der Waals surface area (Å²) in [5, 5.41) is 2.36. The van der Waals surface area contributed by atoms with Gasteiger partial charge in [-0.2, -0.15) is 0 Å². The first-order valence-corrected chi connectivity index (χ1v) is 10.7. The molecular weight excluding hydrogens is 410 g/mol. The Labute approximate surface area is 184 Å². The van der Waals surface area contributed by atoms with Crippen molar-refractivity contribution in [2.45, 2.75) is 18.9 Å². The van der Waals surface area contributed by atoms with Crippen LogP contribution in [0.15, 0.2) is 41.3 Å². The summed E-state index contributed by atoms with van der Waals surface area (Å²) in [6, 6.07) is 8.87. The van der Waals surface area contributed by atoms with Gasteiger partial charge in [0.1, 0.15) is 11.9 Å². The normalized spacial score (nSPS) is 19.5. The average molecular weight is 435 g/mol. The molecule has 1 atom stereocenters. The lowest BCUT2D eigenvalue weighted by Crippen LogP contribution is -2.46. The second kappa shape index (κ2) is 7.70. The molecule has 2 saturated heterocycles. The predicted molar refractivity (Wildman–Crippen MR) is 122 cm³/mol. The van der Waals surface area contributed by atoms with Gasteiger partial charge in [0.25, 0.3) is 0 Å². The molecule has 10 nitrogen and oxygen atoms in total. The number of carbonyl (C=O) groups is 2. The van der Waals surface area contributed by atoms with Crippen LogP contribution in [0.25, 0.3) is 11.0 Å². The van der Waals surface area contributed by atoms with Crippen LogP contribution in [0.4, 0.5) is 17.2 Å². The number of para-hydroxylation sites is 1. The van der Waals surface area contributed by atoms with Crippen molar-refractivity contribution in [3.63, 3.8) is 0 Å². The third kappa shape index (κ3) is 3.28. The molecule has 10 heteroatoms. The number of aryl methyl sites for hydroxylation is 1. The van der Waals surface area contributed by atoms with E-state index in [-0.39, 0.29) is 18.0 Å². The van der Waals surface area contributed by atoms with E-state index in [1.807, 2.05) is 24.3 Å². The fraction of sp³-hybridized carbons (Fsp3) is 0.364. The number of fused-ring (bicyclic) bond motifs is 1. The number of hydrogen-bond donors (Lipinski definition) is 2. The number of piperidine rings is 1. The van der Waals surface area contributed by atoms with Crippen LogP contribution in [0, 0.1) is 0 Å². The summed E-state index contributed by atoms with van der Waals surface area (Å²) in [6.07, 6.45) is 2.33. The highest BCUT2D eigenvalue weighted by molar-refractivity contribution is 6.00. The van der Waals surface area contributed by atoms with Crippen LogP contribution in [0.2, 0.25) is 0 Å².